The van der Waals surface area contributed by atoms with Crippen molar-refractivity contribution in [3.8, 4) is 0 Å². The number of esters is 1. The van der Waals surface area contributed by atoms with E-state index < -0.39 is 5.09 Å². The molecule has 0 aliphatic rings. The fraction of sp³-hybridized carbons (Fsp3) is 0.533. The van der Waals surface area contributed by atoms with Gasteiger partial charge in [-0.2, -0.15) is 0 Å². The Hall–Kier alpha value is -2.11. The average molecular weight is 295 g/mol. The van der Waals surface area contributed by atoms with Gasteiger partial charge in [0.15, 0.2) is 0 Å². The maximum absolute atomic E-state index is 11.6. The molecule has 6 nitrogen and oxygen atoms in total. The van der Waals surface area contributed by atoms with E-state index in [1.807, 2.05) is 0 Å². The number of benzene rings is 1. The molecule has 0 saturated carbocycles. The van der Waals surface area contributed by atoms with E-state index in [9.17, 15) is 14.9 Å². The molecule has 0 unspecified atom stereocenters. The summed E-state index contributed by atoms with van der Waals surface area (Å²) in [6.45, 7) is 2.09. The molecule has 0 aliphatic carbocycles. The van der Waals surface area contributed by atoms with Gasteiger partial charge in [-0.1, -0.05) is 50.5 Å². The second-order valence-corrected chi connectivity index (χ2v) is 4.74. The molecule has 116 valence electrons. The summed E-state index contributed by atoms with van der Waals surface area (Å²) in [5.41, 5.74) is 1.37. The highest BCUT2D eigenvalue weighted by Crippen LogP contribution is 2.12. The number of ether oxygens (including phenoxy) is 1. The van der Waals surface area contributed by atoms with Gasteiger partial charge in [0.1, 0.15) is 13.2 Å². The van der Waals surface area contributed by atoms with Crippen LogP contribution < -0.4 is 0 Å². The molecule has 0 aliphatic heterocycles. The number of carbonyl (C=O) groups is 1. The molecule has 0 N–H and O–H groups in total. The van der Waals surface area contributed by atoms with Gasteiger partial charge in [0, 0.05) is 6.42 Å². The zero-order valence-electron chi connectivity index (χ0n) is 12.2. The molecule has 0 fully saturated rings. The van der Waals surface area contributed by atoms with Crippen molar-refractivity contribution in [2.75, 3.05) is 0 Å². The van der Waals surface area contributed by atoms with Crippen molar-refractivity contribution in [1.29, 1.82) is 0 Å². The van der Waals surface area contributed by atoms with Crippen molar-refractivity contribution >= 4 is 5.97 Å². The third-order valence-corrected chi connectivity index (χ3v) is 3.07. The van der Waals surface area contributed by atoms with Crippen molar-refractivity contribution in [1.82, 2.24) is 0 Å². The van der Waals surface area contributed by atoms with E-state index in [2.05, 4.69) is 11.8 Å². The monoisotopic (exact) mass is 295 g/mol. The second-order valence-electron chi connectivity index (χ2n) is 4.74. The zero-order valence-corrected chi connectivity index (χ0v) is 12.2. The molecule has 0 amide bonds. The number of carbonyl (C=O) groups excluding carboxylic acids is 1. The summed E-state index contributed by atoms with van der Waals surface area (Å²) in [6.07, 6.45) is 4.51. The number of nitrogens with zero attached hydrogens (tertiary/aromatic N) is 1. The lowest BCUT2D eigenvalue weighted by atomic mass is 10.1. The lowest BCUT2D eigenvalue weighted by Gasteiger charge is -2.09. The molecule has 0 spiro atoms. The van der Waals surface area contributed by atoms with Crippen LogP contribution in [0.3, 0.4) is 0 Å². The maximum atomic E-state index is 11.6. The first-order chi connectivity index (χ1) is 10.1. The number of hydrogen-bond donors (Lipinski definition) is 0. The largest absolute Gasteiger partial charge is 0.461 e. The fourth-order valence-electron chi connectivity index (χ4n) is 1.89. The maximum Gasteiger partial charge on any atom is 0.306 e. The molecule has 0 bridgehead atoms. The van der Waals surface area contributed by atoms with Crippen LogP contribution >= 0.6 is 0 Å². The summed E-state index contributed by atoms with van der Waals surface area (Å²) in [6, 6.07) is 7.03. The lowest BCUT2D eigenvalue weighted by Crippen LogP contribution is -2.07. The Morgan fingerprint density at radius 2 is 1.81 bits per heavy atom. The van der Waals surface area contributed by atoms with Crippen LogP contribution in [0.4, 0.5) is 0 Å². The minimum Gasteiger partial charge on any atom is -0.461 e. The van der Waals surface area contributed by atoms with E-state index in [4.69, 9.17) is 4.74 Å². The number of unbranched alkanes of at least 4 members (excludes halogenated alkanes) is 3. The van der Waals surface area contributed by atoms with Crippen LogP contribution in [0.15, 0.2) is 24.3 Å². The molecule has 0 heterocycles. The predicted molar refractivity (Wildman–Crippen MR) is 76.8 cm³/mol. The van der Waals surface area contributed by atoms with Gasteiger partial charge in [-0.25, -0.2) is 0 Å². The van der Waals surface area contributed by atoms with Gasteiger partial charge >= 0.3 is 5.97 Å². The van der Waals surface area contributed by atoms with E-state index in [1.54, 1.807) is 24.3 Å². The van der Waals surface area contributed by atoms with Crippen molar-refractivity contribution in [3.05, 3.63) is 45.5 Å². The molecule has 21 heavy (non-hydrogen) atoms. The van der Waals surface area contributed by atoms with Crippen LogP contribution in [0.2, 0.25) is 0 Å². The third kappa shape index (κ3) is 7.29. The highest BCUT2D eigenvalue weighted by Gasteiger charge is 2.08. The highest BCUT2D eigenvalue weighted by molar-refractivity contribution is 5.69. The Labute approximate surface area is 124 Å². The summed E-state index contributed by atoms with van der Waals surface area (Å²) >= 11 is 0. The average Bonchev–Trinajstić information content (AvgIpc) is 2.48. The van der Waals surface area contributed by atoms with E-state index in [0.717, 1.165) is 31.2 Å². The summed E-state index contributed by atoms with van der Waals surface area (Å²) in [4.78, 5) is 26.2. The Morgan fingerprint density at radius 1 is 1.14 bits per heavy atom. The topological polar surface area (TPSA) is 78.7 Å². The third-order valence-electron chi connectivity index (χ3n) is 3.07. The Morgan fingerprint density at radius 3 is 2.43 bits per heavy atom. The number of rotatable bonds is 10. The van der Waals surface area contributed by atoms with Crippen LogP contribution in [0, 0.1) is 10.1 Å². The first-order valence-corrected chi connectivity index (χ1v) is 7.13. The minimum absolute atomic E-state index is 0.115. The Balaban J connectivity index is 2.40. The lowest BCUT2D eigenvalue weighted by molar-refractivity contribution is -0.763. The van der Waals surface area contributed by atoms with Crippen LogP contribution in [-0.2, 0) is 27.6 Å². The van der Waals surface area contributed by atoms with Crippen LogP contribution in [0.1, 0.15) is 50.2 Å². The molecule has 0 radical (unpaired) electrons. The van der Waals surface area contributed by atoms with Gasteiger partial charge in [0.25, 0.3) is 5.09 Å². The van der Waals surface area contributed by atoms with Gasteiger partial charge in [-0.3, -0.25) is 4.79 Å². The first kappa shape index (κ1) is 16.9. The molecule has 0 atom stereocenters. The molecule has 6 heteroatoms. The van der Waals surface area contributed by atoms with Crippen LogP contribution in [0.5, 0.6) is 0 Å². The van der Waals surface area contributed by atoms with Gasteiger partial charge in [-0.05, 0) is 17.5 Å². The molecular formula is C15H21NO5. The van der Waals surface area contributed by atoms with Gasteiger partial charge < -0.3 is 9.57 Å². The quantitative estimate of drug-likeness (QED) is 0.286. The minimum atomic E-state index is -0.837. The van der Waals surface area contributed by atoms with Gasteiger partial charge in [-0.15, -0.1) is 10.1 Å². The Bertz CT molecular complexity index is 461. The molecule has 0 aromatic heterocycles. The summed E-state index contributed by atoms with van der Waals surface area (Å²) < 4.78 is 5.19. The van der Waals surface area contributed by atoms with E-state index in [1.165, 1.54) is 0 Å². The standard InChI is InChI=1S/C15H21NO5/c1-2-3-4-5-10-15(17)20-11-13-8-6-7-9-14(13)12-21-16(18)19/h6-9H,2-5,10-12H2,1H3. The van der Waals surface area contributed by atoms with E-state index in [0.29, 0.717) is 12.0 Å². The molecular weight excluding hydrogens is 274 g/mol. The van der Waals surface area contributed by atoms with Gasteiger partial charge in [0.2, 0.25) is 0 Å². The predicted octanol–water partition coefficient (Wildman–Crippen LogP) is 3.41. The zero-order chi connectivity index (χ0) is 15.5. The second kappa shape index (κ2) is 9.74. The van der Waals surface area contributed by atoms with E-state index >= 15 is 0 Å². The van der Waals surface area contributed by atoms with Gasteiger partial charge in [0.05, 0.1) is 0 Å². The highest BCUT2D eigenvalue weighted by atomic mass is 16.9. The molecule has 1 rings (SSSR count). The molecule has 1 aromatic rings. The summed E-state index contributed by atoms with van der Waals surface area (Å²) in [7, 11) is 0. The van der Waals surface area contributed by atoms with Crippen LogP contribution in [-0.4, -0.2) is 11.1 Å². The van der Waals surface area contributed by atoms with E-state index in [-0.39, 0.29) is 19.2 Å². The first-order valence-electron chi connectivity index (χ1n) is 7.13. The van der Waals surface area contributed by atoms with Crippen molar-refractivity contribution in [2.45, 2.75) is 52.2 Å². The summed E-state index contributed by atoms with van der Waals surface area (Å²) in [5.74, 6) is -0.240. The normalized spacial score (nSPS) is 10.1. The van der Waals surface area contributed by atoms with Crippen molar-refractivity contribution in [3.63, 3.8) is 0 Å². The molecule has 0 saturated heterocycles. The Kier molecular flexibility index (Phi) is 7.86. The van der Waals surface area contributed by atoms with Crippen molar-refractivity contribution in [2.24, 2.45) is 0 Å². The summed E-state index contributed by atoms with van der Waals surface area (Å²) in [5, 5.41) is 9.38. The SMILES string of the molecule is CCCCCCC(=O)OCc1ccccc1CO[N+](=O)[O-]. The van der Waals surface area contributed by atoms with Crippen LogP contribution in [0.25, 0.3) is 0 Å². The smallest absolute Gasteiger partial charge is 0.306 e. The number of hydrogen-bond acceptors (Lipinski definition) is 5. The van der Waals surface area contributed by atoms with Crippen molar-refractivity contribution < 1.29 is 19.5 Å². The molecule has 1 aromatic carbocycles. The fourth-order valence-corrected chi connectivity index (χ4v) is 1.89.